The van der Waals surface area contributed by atoms with Crippen molar-refractivity contribution in [2.24, 2.45) is 11.7 Å². The summed E-state index contributed by atoms with van der Waals surface area (Å²) < 4.78 is 4.36. The molecule has 0 aliphatic carbocycles. The molecular formula is C14H20N2O4. The van der Waals surface area contributed by atoms with Gasteiger partial charge in [0.1, 0.15) is 0 Å². The second kappa shape index (κ2) is 7.62. The SMILES string of the molecule is COC(=O)C(O)CNC(=O)C(C)C(N)c1ccccc1. The van der Waals surface area contributed by atoms with E-state index in [1.54, 1.807) is 6.92 Å². The van der Waals surface area contributed by atoms with E-state index in [-0.39, 0.29) is 12.5 Å². The van der Waals surface area contributed by atoms with Crippen LogP contribution < -0.4 is 11.1 Å². The smallest absolute Gasteiger partial charge is 0.336 e. The van der Waals surface area contributed by atoms with Crippen molar-refractivity contribution in [1.82, 2.24) is 5.32 Å². The normalized spacial score (nSPS) is 15.0. The van der Waals surface area contributed by atoms with Gasteiger partial charge in [0, 0.05) is 6.04 Å². The standard InChI is InChI=1S/C14H20N2O4/c1-9(12(15)10-6-4-3-5-7-10)13(18)16-8-11(17)14(19)20-2/h3-7,9,11-12,17H,8,15H2,1-2H3,(H,16,18). The van der Waals surface area contributed by atoms with Gasteiger partial charge in [-0.15, -0.1) is 0 Å². The average Bonchev–Trinajstić information content (AvgIpc) is 2.50. The van der Waals surface area contributed by atoms with Gasteiger partial charge in [0.05, 0.1) is 19.6 Å². The molecule has 0 aliphatic rings. The molecule has 1 amide bonds. The van der Waals surface area contributed by atoms with Gasteiger partial charge in [-0.1, -0.05) is 37.3 Å². The third kappa shape index (κ3) is 4.32. The first kappa shape index (κ1) is 16.1. The summed E-state index contributed by atoms with van der Waals surface area (Å²) >= 11 is 0. The van der Waals surface area contributed by atoms with E-state index in [0.717, 1.165) is 5.56 Å². The maximum Gasteiger partial charge on any atom is 0.336 e. The van der Waals surface area contributed by atoms with E-state index in [1.807, 2.05) is 30.3 Å². The lowest BCUT2D eigenvalue weighted by Gasteiger charge is -2.20. The predicted molar refractivity (Wildman–Crippen MR) is 73.6 cm³/mol. The number of carbonyl (C=O) groups is 2. The van der Waals surface area contributed by atoms with Crippen LogP contribution in [0.5, 0.6) is 0 Å². The Morgan fingerprint density at radius 1 is 1.35 bits per heavy atom. The molecule has 1 rings (SSSR count). The number of aliphatic hydroxyl groups excluding tert-OH is 1. The Bertz CT molecular complexity index is 450. The number of benzene rings is 1. The largest absolute Gasteiger partial charge is 0.467 e. The van der Waals surface area contributed by atoms with E-state index >= 15 is 0 Å². The lowest BCUT2D eigenvalue weighted by Crippen LogP contribution is -2.41. The number of rotatable bonds is 6. The topological polar surface area (TPSA) is 102 Å². The number of ether oxygens (including phenoxy) is 1. The van der Waals surface area contributed by atoms with Crippen LogP contribution in [0.25, 0.3) is 0 Å². The summed E-state index contributed by atoms with van der Waals surface area (Å²) in [6.07, 6.45) is -1.37. The monoisotopic (exact) mass is 280 g/mol. The highest BCUT2D eigenvalue weighted by atomic mass is 16.5. The highest BCUT2D eigenvalue weighted by molar-refractivity contribution is 5.80. The minimum absolute atomic E-state index is 0.197. The quantitative estimate of drug-likeness (QED) is 0.635. The van der Waals surface area contributed by atoms with Gasteiger partial charge in [0.15, 0.2) is 6.10 Å². The first-order valence-corrected chi connectivity index (χ1v) is 6.31. The number of hydrogen-bond donors (Lipinski definition) is 3. The third-order valence-corrected chi connectivity index (χ3v) is 3.08. The van der Waals surface area contributed by atoms with Gasteiger partial charge in [-0.2, -0.15) is 0 Å². The molecular weight excluding hydrogens is 260 g/mol. The fraction of sp³-hybridized carbons (Fsp3) is 0.429. The molecule has 0 bridgehead atoms. The molecule has 4 N–H and O–H groups in total. The van der Waals surface area contributed by atoms with E-state index in [4.69, 9.17) is 5.73 Å². The number of carbonyl (C=O) groups excluding carboxylic acids is 2. The molecule has 110 valence electrons. The summed E-state index contributed by atoms with van der Waals surface area (Å²) in [6, 6.07) is 8.80. The number of nitrogens with one attached hydrogen (secondary N) is 1. The molecule has 6 nitrogen and oxygen atoms in total. The predicted octanol–water partition coefficient (Wildman–Crippen LogP) is -0.0274. The van der Waals surface area contributed by atoms with Gasteiger partial charge >= 0.3 is 5.97 Å². The minimum atomic E-state index is -1.37. The molecule has 0 saturated carbocycles. The number of nitrogens with two attached hydrogens (primary N) is 1. The van der Waals surface area contributed by atoms with Gasteiger partial charge in [0.2, 0.25) is 5.91 Å². The molecule has 0 radical (unpaired) electrons. The van der Waals surface area contributed by atoms with Gasteiger partial charge in [-0.25, -0.2) is 4.79 Å². The molecule has 1 aromatic carbocycles. The molecule has 6 heteroatoms. The first-order valence-electron chi connectivity index (χ1n) is 6.31. The summed E-state index contributed by atoms with van der Waals surface area (Å²) in [7, 11) is 1.17. The molecule has 1 aromatic rings. The molecule has 0 saturated heterocycles. The summed E-state index contributed by atoms with van der Waals surface area (Å²) in [6.45, 7) is 1.49. The lowest BCUT2D eigenvalue weighted by molar-refractivity contribution is -0.150. The Hall–Kier alpha value is -1.92. The van der Waals surface area contributed by atoms with Crippen molar-refractivity contribution in [2.75, 3.05) is 13.7 Å². The second-order valence-corrected chi connectivity index (χ2v) is 4.51. The summed E-state index contributed by atoms with van der Waals surface area (Å²) in [5, 5.41) is 11.9. The average molecular weight is 280 g/mol. The van der Waals surface area contributed by atoms with E-state index < -0.39 is 24.0 Å². The molecule has 3 atom stereocenters. The number of hydrogen-bond acceptors (Lipinski definition) is 5. The Morgan fingerprint density at radius 3 is 2.50 bits per heavy atom. The Morgan fingerprint density at radius 2 is 1.95 bits per heavy atom. The Kier molecular flexibility index (Phi) is 6.14. The van der Waals surface area contributed by atoms with Gasteiger partial charge in [-0.3, -0.25) is 4.79 Å². The van der Waals surface area contributed by atoms with Crippen LogP contribution in [0, 0.1) is 5.92 Å². The maximum atomic E-state index is 11.9. The highest BCUT2D eigenvalue weighted by Gasteiger charge is 2.23. The van der Waals surface area contributed by atoms with Crippen molar-refractivity contribution in [2.45, 2.75) is 19.1 Å². The van der Waals surface area contributed by atoms with Gasteiger partial charge in [-0.05, 0) is 5.56 Å². The summed E-state index contributed by atoms with van der Waals surface area (Å²) in [5.41, 5.74) is 6.87. The Labute approximate surface area is 117 Å². The van der Waals surface area contributed by atoms with E-state index in [1.165, 1.54) is 7.11 Å². The van der Waals surface area contributed by atoms with Crippen molar-refractivity contribution in [3.8, 4) is 0 Å². The van der Waals surface area contributed by atoms with Crippen LogP contribution in [-0.2, 0) is 14.3 Å². The highest BCUT2D eigenvalue weighted by Crippen LogP contribution is 2.18. The number of aliphatic hydroxyl groups is 1. The van der Waals surface area contributed by atoms with Gasteiger partial charge in [0.25, 0.3) is 0 Å². The van der Waals surface area contributed by atoms with Crippen LogP contribution in [-0.4, -0.2) is 36.7 Å². The molecule has 0 aromatic heterocycles. The lowest BCUT2D eigenvalue weighted by atomic mass is 9.94. The van der Waals surface area contributed by atoms with Crippen molar-refractivity contribution >= 4 is 11.9 Å². The zero-order valence-corrected chi connectivity index (χ0v) is 11.6. The maximum absolute atomic E-state index is 11.9. The zero-order chi connectivity index (χ0) is 15.1. The molecule has 20 heavy (non-hydrogen) atoms. The van der Waals surface area contributed by atoms with E-state index in [2.05, 4.69) is 10.1 Å². The Balaban J connectivity index is 2.53. The fourth-order valence-electron chi connectivity index (χ4n) is 1.70. The molecule has 0 heterocycles. The van der Waals surface area contributed by atoms with Crippen LogP contribution in [0.2, 0.25) is 0 Å². The number of amides is 1. The van der Waals surface area contributed by atoms with Crippen LogP contribution in [0.3, 0.4) is 0 Å². The van der Waals surface area contributed by atoms with Crippen molar-refractivity contribution < 1.29 is 19.4 Å². The van der Waals surface area contributed by atoms with Gasteiger partial charge < -0.3 is 20.9 Å². The van der Waals surface area contributed by atoms with Crippen LogP contribution in [0.15, 0.2) is 30.3 Å². The zero-order valence-electron chi connectivity index (χ0n) is 11.6. The van der Waals surface area contributed by atoms with Crippen LogP contribution in [0.4, 0.5) is 0 Å². The molecule has 0 aliphatic heterocycles. The molecule has 0 spiro atoms. The second-order valence-electron chi connectivity index (χ2n) is 4.51. The summed E-state index contributed by atoms with van der Waals surface area (Å²) in [4.78, 5) is 22.9. The molecule has 3 unspecified atom stereocenters. The fourth-order valence-corrected chi connectivity index (χ4v) is 1.70. The minimum Gasteiger partial charge on any atom is -0.467 e. The first-order chi connectivity index (χ1) is 9.47. The van der Waals surface area contributed by atoms with E-state index in [0.29, 0.717) is 0 Å². The molecule has 0 fully saturated rings. The van der Waals surface area contributed by atoms with Crippen molar-refractivity contribution in [3.05, 3.63) is 35.9 Å². The number of methoxy groups -OCH3 is 1. The van der Waals surface area contributed by atoms with Crippen LogP contribution >= 0.6 is 0 Å². The number of esters is 1. The van der Waals surface area contributed by atoms with E-state index in [9.17, 15) is 14.7 Å². The third-order valence-electron chi connectivity index (χ3n) is 3.08. The van der Waals surface area contributed by atoms with Crippen molar-refractivity contribution in [1.29, 1.82) is 0 Å². The van der Waals surface area contributed by atoms with Crippen molar-refractivity contribution in [3.63, 3.8) is 0 Å². The summed E-state index contributed by atoms with van der Waals surface area (Å²) in [5.74, 6) is -1.60. The van der Waals surface area contributed by atoms with Crippen LogP contribution in [0.1, 0.15) is 18.5 Å².